The van der Waals surface area contributed by atoms with Gasteiger partial charge in [-0.1, -0.05) is 42.5 Å². The van der Waals surface area contributed by atoms with Crippen molar-refractivity contribution >= 4 is 32.4 Å². The van der Waals surface area contributed by atoms with E-state index in [0.717, 1.165) is 16.3 Å². The Kier molecular flexibility index (Phi) is 5.35. The first-order valence-corrected chi connectivity index (χ1v) is 9.77. The SMILES string of the molecule is Cc1cccc(NC(=O)CCNS(=O)(=O)c2ccc3ccccc3c2)c1. The first-order valence-electron chi connectivity index (χ1n) is 8.29. The zero-order valence-electron chi connectivity index (χ0n) is 14.4. The van der Waals surface area contributed by atoms with E-state index in [0.29, 0.717) is 5.69 Å². The molecule has 0 bridgehead atoms. The summed E-state index contributed by atoms with van der Waals surface area (Å²) in [5.41, 5.74) is 1.74. The highest BCUT2D eigenvalue weighted by Crippen LogP contribution is 2.18. The van der Waals surface area contributed by atoms with Gasteiger partial charge in [0.2, 0.25) is 15.9 Å². The number of fused-ring (bicyclic) bond motifs is 1. The molecule has 0 aromatic heterocycles. The molecule has 26 heavy (non-hydrogen) atoms. The largest absolute Gasteiger partial charge is 0.326 e. The number of nitrogens with one attached hydrogen (secondary N) is 2. The summed E-state index contributed by atoms with van der Waals surface area (Å²) in [7, 11) is -3.66. The summed E-state index contributed by atoms with van der Waals surface area (Å²) < 4.78 is 27.3. The molecule has 0 unspecified atom stereocenters. The minimum Gasteiger partial charge on any atom is -0.326 e. The van der Waals surface area contributed by atoms with Crippen LogP contribution in [-0.2, 0) is 14.8 Å². The van der Waals surface area contributed by atoms with Crippen molar-refractivity contribution in [1.29, 1.82) is 0 Å². The summed E-state index contributed by atoms with van der Waals surface area (Å²) in [6.45, 7) is 1.97. The number of hydrogen-bond acceptors (Lipinski definition) is 3. The van der Waals surface area contributed by atoms with Gasteiger partial charge in [0.1, 0.15) is 0 Å². The van der Waals surface area contributed by atoms with Crippen LogP contribution in [0.2, 0.25) is 0 Å². The molecule has 0 radical (unpaired) electrons. The highest BCUT2D eigenvalue weighted by molar-refractivity contribution is 7.89. The average molecular weight is 368 g/mol. The van der Waals surface area contributed by atoms with Crippen LogP contribution < -0.4 is 10.0 Å². The van der Waals surface area contributed by atoms with Crippen molar-refractivity contribution in [1.82, 2.24) is 4.72 Å². The first-order chi connectivity index (χ1) is 12.4. The molecule has 0 saturated carbocycles. The standard InChI is InChI=1S/C20H20N2O3S/c1-15-5-4-8-18(13-15)22-20(23)11-12-21-26(24,25)19-10-9-16-6-2-3-7-17(16)14-19/h2-10,13-14,21H,11-12H2,1H3,(H,22,23). The van der Waals surface area contributed by atoms with Gasteiger partial charge in [0.25, 0.3) is 0 Å². The van der Waals surface area contributed by atoms with E-state index in [1.165, 1.54) is 0 Å². The van der Waals surface area contributed by atoms with Crippen molar-refractivity contribution in [3.63, 3.8) is 0 Å². The highest BCUT2D eigenvalue weighted by atomic mass is 32.2. The van der Waals surface area contributed by atoms with Gasteiger partial charge in [-0.15, -0.1) is 0 Å². The number of carbonyl (C=O) groups excluding carboxylic acids is 1. The third kappa shape index (κ3) is 4.47. The molecule has 134 valence electrons. The summed E-state index contributed by atoms with van der Waals surface area (Å²) >= 11 is 0. The summed E-state index contributed by atoms with van der Waals surface area (Å²) in [4.78, 5) is 12.2. The average Bonchev–Trinajstić information content (AvgIpc) is 2.61. The molecule has 0 atom stereocenters. The van der Waals surface area contributed by atoms with E-state index in [9.17, 15) is 13.2 Å². The van der Waals surface area contributed by atoms with Crippen molar-refractivity contribution in [2.24, 2.45) is 0 Å². The molecule has 3 aromatic rings. The van der Waals surface area contributed by atoms with Gasteiger partial charge in [-0.2, -0.15) is 0 Å². The molecule has 3 aromatic carbocycles. The second-order valence-corrected chi connectivity index (χ2v) is 7.84. The monoisotopic (exact) mass is 368 g/mol. The zero-order valence-corrected chi connectivity index (χ0v) is 15.2. The van der Waals surface area contributed by atoms with Crippen LogP contribution in [0.25, 0.3) is 10.8 Å². The number of aryl methyl sites for hydroxylation is 1. The Morgan fingerprint density at radius 1 is 0.923 bits per heavy atom. The van der Waals surface area contributed by atoms with Gasteiger partial charge < -0.3 is 5.32 Å². The van der Waals surface area contributed by atoms with Crippen molar-refractivity contribution < 1.29 is 13.2 Å². The molecular weight excluding hydrogens is 348 g/mol. The fraction of sp³-hybridized carbons (Fsp3) is 0.150. The quantitative estimate of drug-likeness (QED) is 0.700. The van der Waals surface area contributed by atoms with Crippen LogP contribution >= 0.6 is 0 Å². The van der Waals surface area contributed by atoms with E-state index >= 15 is 0 Å². The predicted octanol–water partition coefficient (Wildman–Crippen LogP) is 3.46. The Labute approximate surface area is 153 Å². The van der Waals surface area contributed by atoms with Crippen LogP contribution in [0.15, 0.2) is 71.6 Å². The van der Waals surface area contributed by atoms with Crippen molar-refractivity contribution in [3.8, 4) is 0 Å². The Balaban J connectivity index is 1.59. The van der Waals surface area contributed by atoms with Gasteiger partial charge in [-0.3, -0.25) is 4.79 Å². The lowest BCUT2D eigenvalue weighted by Gasteiger charge is -2.09. The van der Waals surface area contributed by atoms with Gasteiger partial charge in [0, 0.05) is 18.7 Å². The molecule has 5 nitrogen and oxygen atoms in total. The van der Waals surface area contributed by atoms with Crippen molar-refractivity contribution in [3.05, 3.63) is 72.3 Å². The van der Waals surface area contributed by atoms with Crippen LogP contribution in [0.5, 0.6) is 0 Å². The Morgan fingerprint density at radius 3 is 2.46 bits per heavy atom. The molecule has 0 spiro atoms. The molecule has 6 heteroatoms. The predicted molar refractivity (Wildman–Crippen MR) is 104 cm³/mol. The topological polar surface area (TPSA) is 75.3 Å². The molecule has 0 aliphatic rings. The zero-order chi connectivity index (χ0) is 18.6. The maximum absolute atomic E-state index is 12.4. The molecular formula is C20H20N2O3S. The molecule has 0 aliphatic carbocycles. The lowest BCUT2D eigenvalue weighted by molar-refractivity contribution is -0.116. The Hall–Kier alpha value is -2.70. The first kappa shape index (κ1) is 18.1. The second kappa shape index (κ2) is 7.68. The smallest absolute Gasteiger partial charge is 0.240 e. The van der Waals surface area contributed by atoms with E-state index < -0.39 is 10.0 Å². The van der Waals surface area contributed by atoms with Gasteiger partial charge >= 0.3 is 0 Å². The van der Waals surface area contributed by atoms with Crippen molar-refractivity contribution in [2.45, 2.75) is 18.2 Å². The number of anilines is 1. The van der Waals surface area contributed by atoms with Gasteiger partial charge in [0.15, 0.2) is 0 Å². The summed E-state index contributed by atoms with van der Waals surface area (Å²) in [5.74, 6) is -0.239. The van der Waals surface area contributed by atoms with Gasteiger partial charge in [-0.25, -0.2) is 13.1 Å². The van der Waals surface area contributed by atoms with Crippen LogP contribution in [0.4, 0.5) is 5.69 Å². The summed E-state index contributed by atoms with van der Waals surface area (Å²) in [5, 5.41) is 4.59. The van der Waals surface area contributed by atoms with Crippen LogP contribution in [-0.4, -0.2) is 20.9 Å². The normalized spacial score (nSPS) is 11.4. The fourth-order valence-electron chi connectivity index (χ4n) is 2.66. The van der Waals surface area contributed by atoms with Gasteiger partial charge in [-0.05, 0) is 47.5 Å². The third-order valence-electron chi connectivity index (χ3n) is 3.98. The fourth-order valence-corrected chi connectivity index (χ4v) is 3.73. The second-order valence-electron chi connectivity index (χ2n) is 6.07. The lowest BCUT2D eigenvalue weighted by Crippen LogP contribution is -2.27. The third-order valence-corrected chi connectivity index (χ3v) is 5.44. The molecule has 0 aliphatic heterocycles. The molecule has 3 rings (SSSR count). The Bertz CT molecular complexity index is 1050. The maximum atomic E-state index is 12.4. The molecule has 0 fully saturated rings. The lowest BCUT2D eigenvalue weighted by atomic mass is 10.1. The minimum absolute atomic E-state index is 0.0345. The van der Waals surface area contributed by atoms with E-state index in [1.807, 2.05) is 49.4 Å². The van der Waals surface area contributed by atoms with Gasteiger partial charge in [0.05, 0.1) is 4.90 Å². The number of carbonyl (C=O) groups is 1. The molecule has 0 heterocycles. The number of rotatable bonds is 6. The van der Waals surface area contributed by atoms with Crippen LogP contribution in [0.1, 0.15) is 12.0 Å². The Morgan fingerprint density at radius 2 is 1.69 bits per heavy atom. The molecule has 0 saturated heterocycles. The summed E-state index contributed by atoms with van der Waals surface area (Å²) in [6, 6.07) is 20.0. The number of amides is 1. The van der Waals surface area contributed by atoms with E-state index in [4.69, 9.17) is 0 Å². The number of sulfonamides is 1. The minimum atomic E-state index is -3.66. The maximum Gasteiger partial charge on any atom is 0.240 e. The van der Waals surface area contributed by atoms with E-state index in [-0.39, 0.29) is 23.8 Å². The molecule has 1 amide bonds. The molecule has 2 N–H and O–H groups in total. The van der Waals surface area contributed by atoms with Crippen molar-refractivity contribution in [2.75, 3.05) is 11.9 Å². The highest BCUT2D eigenvalue weighted by Gasteiger charge is 2.14. The number of benzene rings is 3. The van der Waals surface area contributed by atoms with Crippen LogP contribution in [0.3, 0.4) is 0 Å². The van der Waals surface area contributed by atoms with E-state index in [1.54, 1.807) is 24.3 Å². The summed E-state index contributed by atoms with van der Waals surface area (Å²) in [6.07, 6.45) is 0.0563. The number of hydrogen-bond donors (Lipinski definition) is 2. The van der Waals surface area contributed by atoms with E-state index in [2.05, 4.69) is 10.0 Å². The van der Waals surface area contributed by atoms with Crippen LogP contribution in [0, 0.1) is 6.92 Å².